The number of nitrogens with one attached hydrogen (secondary N) is 1. The van der Waals surface area contributed by atoms with Crippen LogP contribution >= 0.6 is 0 Å². The van der Waals surface area contributed by atoms with E-state index < -0.39 is 0 Å². The van der Waals surface area contributed by atoms with E-state index in [4.69, 9.17) is 10.7 Å². The maximum atomic E-state index is 9.94. The Morgan fingerprint density at radius 1 is 0.800 bits per heavy atom. The highest BCUT2D eigenvalue weighted by Crippen LogP contribution is 2.37. The highest BCUT2D eigenvalue weighted by atomic mass is 16.3. The molecule has 0 fully saturated rings. The number of aromatic hydroxyl groups is 1. The Morgan fingerprint density at radius 2 is 1.56 bits per heavy atom. The van der Waals surface area contributed by atoms with E-state index in [0.717, 1.165) is 44.0 Å². The van der Waals surface area contributed by atoms with Crippen LogP contribution in [0.5, 0.6) is 5.75 Å². The number of hydrogen-bond donors (Lipinski definition) is 3. The lowest BCUT2D eigenvalue weighted by atomic mass is 10.00. The number of imidazole rings is 1. The summed E-state index contributed by atoms with van der Waals surface area (Å²) in [7, 11) is 0. The van der Waals surface area contributed by atoms with E-state index in [0.29, 0.717) is 5.69 Å². The quantitative estimate of drug-likeness (QED) is 0.305. The van der Waals surface area contributed by atoms with Crippen LogP contribution in [0.2, 0.25) is 0 Å². The second kappa shape index (κ2) is 4.98. The summed E-state index contributed by atoms with van der Waals surface area (Å²) in [5.41, 5.74) is 9.56. The number of hydrogen-bond acceptors (Lipinski definition) is 3. The van der Waals surface area contributed by atoms with Crippen LogP contribution in [0.4, 0.5) is 5.69 Å². The SMILES string of the molecule is Nc1ccccc1-c1nc2c3ccccc3c3cc(O)ccc3c2[nH]1. The Morgan fingerprint density at radius 3 is 2.40 bits per heavy atom. The molecule has 120 valence electrons. The highest BCUT2D eigenvalue weighted by Gasteiger charge is 2.14. The third kappa shape index (κ3) is 1.97. The van der Waals surface area contributed by atoms with Crippen molar-refractivity contribution in [3.63, 3.8) is 0 Å². The lowest BCUT2D eigenvalue weighted by molar-refractivity contribution is 0.476. The molecular weight excluding hydrogens is 310 g/mol. The Hall–Kier alpha value is -3.53. The van der Waals surface area contributed by atoms with Gasteiger partial charge in [-0.2, -0.15) is 0 Å². The molecule has 0 spiro atoms. The number of rotatable bonds is 1. The second-order valence-corrected chi connectivity index (χ2v) is 6.17. The standard InChI is InChI=1S/C21H15N3O/c22-18-8-4-3-7-16(18)21-23-19-14-6-2-1-5-13(14)17-11-12(25)9-10-15(17)20(19)24-21/h1-11,25H,22H2,(H,23,24). The van der Waals surface area contributed by atoms with Crippen molar-refractivity contribution in [2.75, 3.05) is 5.73 Å². The number of aromatic amines is 1. The van der Waals surface area contributed by atoms with E-state index in [1.807, 2.05) is 42.5 Å². The summed E-state index contributed by atoms with van der Waals surface area (Å²) < 4.78 is 0. The Kier molecular flexibility index (Phi) is 2.76. The summed E-state index contributed by atoms with van der Waals surface area (Å²) in [4.78, 5) is 8.28. The van der Waals surface area contributed by atoms with Crippen molar-refractivity contribution in [3.8, 4) is 17.1 Å². The summed E-state index contributed by atoms with van der Waals surface area (Å²) in [5.74, 6) is 1.00. The van der Waals surface area contributed by atoms with Crippen molar-refractivity contribution in [2.45, 2.75) is 0 Å². The molecule has 0 aliphatic rings. The minimum Gasteiger partial charge on any atom is -0.508 e. The molecule has 4 aromatic carbocycles. The third-order valence-electron chi connectivity index (χ3n) is 4.66. The fourth-order valence-corrected chi connectivity index (χ4v) is 3.50. The number of phenols is 1. The zero-order chi connectivity index (χ0) is 17.0. The van der Waals surface area contributed by atoms with Crippen molar-refractivity contribution in [2.24, 2.45) is 0 Å². The minimum absolute atomic E-state index is 0.254. The molecule has 25 heavy (non-hydrogen) atoms. The van der Waals surface area contributed by atoms with Crippen molar-refractivity contribution in [1.82, 2.24) is 9.97 Å². The monoisotopic (exact) mass is 325 g/mol. The molecule has 4 N–H and O–H groups in total. The first-order chi connectivity index (χ1) is 12.2. The van der Waals surface area contributed by atoms with Gasteiger partial charge >= 0.3 is 0 Å². The van der Waals surface area contributed by atoms with Gasteiger partial charge in [0.1, 0.15) is 11.6 Å². The zero-order valence-corrected chi connectivity index (χ0v) is 13.3. The summed E-state index contributed by atoms with van der Waals surface area (Å²) in [6, 6.07) is 21.2. The smallest absolute Gasteiger partial charge is 0.140 e. The van der Waals surface area contributed by atoms with E-state index in [2.05, 4.69) is 17.1 Å². The van der Waals surface area contributed by atoms with Crippen LogP contribution in [0.25, 0.3) is 44.0 Å². The van der Waals surface area contributed by atoms with Crippen LogP contribution in [0, 0.1) is 0 Å². The number of nitrogens with two attached hydrogens (primary N) is 1. The Labute approximate surface area is 143 Å². The number of aromatic nitrogens is 2. The van der Waals surface area contributed by atoms with Crippen molar-refractivity contribution < 1.29 is 5.11 Å². The fourth-order valence-electron chi connectivity index (χ4n) is 3.50. The van der Waals surface area contributed by atoms with Gasteiger partial charge < -0.3 is 15.8 Å². The van der Waals surface area contributed by atoms with E-state index in [9.17, 15) is 5.11 Å². The number of fused-ring (bicyclic) bond motifs is 6. The largest absolute Gasteiger partial charge is 0.508 e. The number of phenolic OH excluding ortho intramolecular Hbond substituents is 1. The zero-order valence-electron chi connectivity index (χ0n) is 13.3. The predicted molar refractivity (Wildman–Crippen MR) is 103 cm³/mol. The van der Waals surface area contributed by atoms with Gasteiger partial charge in [-0.3, -0.25) is 0 Å². The molecule has 0 bridgehead atoms. The molecule has 1 aromatic heterocycles. The summed E-state index contributed by atoms with van der Waals surface area (Å²) in [5, 5.41) is 14.1. The van der Waals surface area contributed by atoms with Crippen LogP contribution in [-0.2, 0) is 0 Å². The van der Waals surface area contributed by atoms with Crippen LogP contribution in [0.1, 0.15) is 0 Å². The van der Waals surface area contributed by atoms with Gasteiger partial charge in [0, 0.05) is 22.0 Å². The predicted octanol–water partition coefficient (Wildman–Crippen LogP) is 4.82. The fraction of sp³-hybridized carbons (Fsp3) is 0. The number of H-pyrrole nitrogens is 1. The lowest BCUT2D eigenvalue weighted by Crippen LogP contribution is -1.90. The normalized spacial score (nSPS) is 11.5. The molecule has 5 aromatic rings. The third-order valence-corrected chi connectivity index (χ3v) is 4.66. The summed E-state index contributed by atoms with van der Waals surface area (Å²) in [6.45, 7) is 0. The van der Waals surface area contributed by atoms with Crippen LogP contribution in [0.15, 0.2) is 66.7 Å². The van der Waals surface area contributed by atoms with Gasteiger partial charge in [-0.05, 0) is 41.1 Å². The van der Waals surface area contributed by atoms with Gasteiger partial charge in [-0.25, -0.2) is 4.98 Å². The lowest BCUT2D eigenvalue weighted by Gasteiger charge is -2.06. The van der Waals surface area contributed by atoms with Gasteiger partial charge in [0.25, 0.3) is 0 Å². The highest BCUT2D eigenvalue weighted by molar-refractivity contribution is 6.23. The van der Waals surface area contributed by atoms with E-state index in [1.165, 1.54) is 0 Å². The van der Waals surface area contributed by atoms with Gasteiger partial charge in [0.05, 0.1) is 11.0 Å². The molecule has 1 heterocycles. The van der Waals surface area contributed by atoms with Crippen LogP contribution in [-0.4, -0.2) is 15.1 Å². The molecule has 0 amide bonds. The topological polar surface area (TPSA) is 74.9 Å². The Balaban J connectivity index is 1.98. The average molecular weight is 325 g/mol. The van der Waals surface area contributed by atoms with Crippen molar-refractivity contribution >= 4 is 38.3 Å². The first-order valence-corrected chi connectivity index (χ1v) is 8.10. The molecule has 4 heteroatoms. The Bertz CT molecular complexity index is 1270. The van der Waals surface area contributed by atoms with Crippen molar-refractivity contribution in [1.29, 1.82) is 0 Å². The maximum Gasteiger partial charge on any atom is 0.140 e. The van der Waals surface area contributed by atoms with Crippen molar-refractivity contribution in [3.05, 3.63) is 66.7 Å². The van der Waals surface area contributed by atoms with Gasteiger partial charge in [-0.15, -0.1) is 0 Å². The minimum atomic E-state index is 0.254. The molecule has 0 radical (unpaired) electrons. The van der Waals surface area contributed by atoms with E-state index >= 15 is 0 Å². The molecule has 0 atom stereocenters. The molecule has 0 aliphatic carbocycles. The summed E-state index contributed by atoms with van der Waals surface area (Å²) in [6.07, 6.45) is 0. The molecule has 4 nitrogen and oxygen atoms in total. The molecule has 0 saturated heterocycles. The van der Waals surface area contributed by atoms with E-state index in [1.54, 1.807) is 12.1 Å². The van der Waals surface area contributed by atoms with Gasteiger partial charge in [0.15, 0.2) is 0 Å². The van der Waals surface area contributed by atoms with Crippen LogP contribution in [0.3, 0.4) is 0 Å². The maximum absolute atomic E-state index is 9.94. The first kappa shape index (κ1) is 13.9. The number of benzene rings is 4. The number of anilines is 1. The molecule has 0 unspecified atom stereocenters. The van der Waals surface area contributed by atoms with E-state index in [-0.39, 0.29) is 5.75 Å². The summed E-state index contributed by atoms with van der Waals surface area (Å²) >= 11 is 0. The molecule has 5 rings (SSSR count). The molecular formula is C21H15N3O. The van der Waals surface area contributed by atoms with Gasteiger partial charge in [0.2, 0.25) is 0 Å². The first-order valence-electron chi connectivity index (χ1n) is 8.10. The molecule has 0 saturated carbocycles. The number of para-hydroxylation sites is 1. The van der Waals surface area contributed by atoms with Crippen LogP contribution < -0.4 is 5.73 Å². The molecule has 0 aliphatic heterocycles. The number of nitrogens with zero attached hydrogens (tertiary/aromatic N) is 1. The number of nitrogen functional groups attached to an aromatic ring is 1. The second-order valence-electron chi connectivity index (χ2n) is 6.17. The average Bonchev–Trinajstić information content (AvgIpc) is 3.07. The van der Waals surface area contributed by atoms with Gasteiger partial charge in [-0.1, -0.05) is 36.4 Å².